The van der Waals surface area contributed by atoms with Crippen LogP contribution in [0.3, 0.4) is 0 Å². The maximum absolute atomic E-state index is 3.66. The van der Waals surface area contributed by atoms with Crippen molar-refractivity contribution in [3.05, 3.63) is 65.6 Å². The summed E-state index contributed by atoms with van der Waals surface area (Å²) in [6.07, 6.45) is 7.91. The van der Waals surface area contributed by atoms with Crippen molar-refractivity contribution in [2.75, 3.05) is 0 Å². The molecule has 0 bridgehead atoms. The van der Waals surface area contributed by atoms with Crippen LogP contribution in [0.25, 0.3) is 0 Å². The minimum atomic E-state index is 1.23. The predicted molar refractivity (Wildman–Crippen MR) is 81.5 cm³/mol. The Balaban J connectivity index is 0.00000121. The first-order valence-corrected chi connectivity index (χ1v) is 6.78. The van der Waals surface area contributed by atoms with Crippen LogP contribution in [0.15, 0.2) is 64.9 Å². The predicted octanol–water partition coefficient (Wildman–Crippen LogP) is 5.76. The van der Waals surface area contributed by atoms with Crippen LogP contribution in [0, 0.1) is 6.92 Å². The number of aryl methyl sites for hydroxylation is 1. The zero-order chi connectivity index (χ0) is 13.1. The highest BCUT2D eigenvalue weighted by Gasteiger charge is 1.95. The van der Waals surface area contributed by atoms with Gasteiger partial charge >= 0.3 is 0 Å². The van der Waals surface area contributed by atoms with E-state index in [4.69, 9.17) is 0 Å². The SMILES string of the molecule is C=C/C=C\C(=C/C)Sc1ccc(C)cc1.CC. The van der Waals surface area contributed by atoms with Gasteiger partial charge < -0.3 is 0 Å². The topological polar surface area (TPSA) is 0 Å². The van der Waals surface area contributed by atoms with Gasteiger partial charge in [-0.25, -0.2) is 0 Å². The molecule has 0 saturated heterocycles. The van der Waals surface area contributed by atoms with Gasteiger partial charge in [0, 0.05) is 9.80 Å². The smallest absolute Gasteiger partial charge is 0.0122 e. The Labute approximate surface area is 110 Å². The number of thioether (sulfide) groups is 1. The summed E-state index contributed by atoms with van der Waals surface area (Å²) < 4.78 is 0. The van der Waals surface area contributed by atoms with E-state index in [1.165, 1.54) is 15.4 Å². The normalized spacial score (nSPS) is 10.9. The van der Waals surface area contributed by atoms with E-state index < -0.39 is 0 Å². The lowest BCUT2D eigenvalue weighted by molar-refractivity contribution is 1.38. The summed E-state index contributed by atoms with van der Waals surface area (Å²) in [5.41, 5.74) is 1.29. The Hall–Kier alpha value is -1.21. The molecule has 1 heteroatoms. The fourth-order valence-corrected chi connectivity index (χ4v) is 1.90. The van der Waals surface area contributed by atoms with Crippen molar-refractivity contribution in [1.29, 1.82) is 0 Å². The van der Waals surface area contributed by atoms with Gasteiger partial charge in [0.15, 0.2) is 0 Å². The van der Waals surface area contributed by atoms with Crippen molar-refractivity contribution in [2.24, 2.45) is 0 Å². The molecule has 0 radical (unpaired) electrons. The molecule has 1 aromatic rings. The van der Waals surface area contributed by atoms with Crippen LogP contribution in [0.1, 0.15) is 26.3 Å². The molecule has 0 saturated carbocycles. The zero-order valence-electron chi connectivity index (χ0n) is 11.2. The molecule has 0 fully saturated rings. The third-order valence-electron chi connectivity index (χ3n) is 1.94. The molecular formula is C16H22S. The van der Waals surface area contributed by atoms with Crippen molar-refractivity contribution in [1.82, 2.24) is 0 Å². The van der Waals surface area contributed by atoms with Gasteiger partial charge in [-0.05, 0) is 32.1 Å². The summed E-state index contributed by atoms with van der Waals surface area (Å²) in [5.74, 6) is 0. The third kappa shape index (κ3) is 6.85. The van der Waals surface area contributed by atoms with E-state index in [9.17, 15) is 0 Å². The number of hydrogen-bond acceptors (Lipinski definition) is 1. The van der Waals surface area contributed by atoms with Gasteiger partial charge in [0.25, 0.3) is 0 Å². The molecule has 0 atom stereocenters. The Morgan fingerprint density at radius 2 is 1.76 bits per heavy atom. The van der Waals surface area contributed by atoms with Crippen molar-refractivity contribution < 1.29 is 0 Å². The van der Waals surface area contributed by atoms with E-state index in [0.717, 1.165) is 0 Å². The Kier molecular flexibility index (Phi) is 9.27. The molecule has 17 heavy (non-hydrogen) atoms. The van der Waals surface area contributed by atoms with Crippen LogP contribution in [0.4, 0.5) is 0 Å². The second-order valence-corrected chi connectivity index (χ2v) is 4.35. The fourth-order valence-electron chi connectivity index (χ4n) is 1.09. The lowest BCUT2D eigenvalue weighted by atomic mass is 10.2. The van der Waals surface area contributed by atoms with Gasteiger partial charge in [-0.2, -0.15) is 0 Å². The van der Waals surface area contributed by atoms with E-state index >= 15 is 0 Å². The van der Waals surface area contributed by atoms with Crippen molar-refractivity contribution >= 4 is 11.8 Å². The molecule has 0 unspecified atom stereocenters. The van der Waals surface area contributed by atoms with Crippen molar-refractivity contribution in [3.8, 4) is 0 Å². The van der Waals surface area contributed by atoms with Gasteiger partial charge in [-0.1, -0.05) is 68.1 Å². The van der Waals surface area contributed by atoms with E-state index in [2.05, 4.69) is 49.9 Å². The minimum absolute atomic E-state index is 1.23. The molecule has 0 aromatic heterocycles. The fraction of sp³-hybridized carbons (Fsp3) is 0.250. The molecule has 0 aliphatic rings. The van der Waals surface area contributed by atoms with E-state index in [-0.39, 0.29) is 0 Å². The first kappa shape index (κ1) is 15.8. The number of allylic oxidation sites excluding steroid dienone is 4. The van der Waals surface area contributed by atoms with Crippen LogP contribution < -0.4 is 0 Å². The van der Waals surface area contributed by atoms with Crippen LogP contribution in [-0.2, 0) is 0 Å². The molecular weight excluding hydrogens is 224 g/mol. The third-order valence-corrected chi connectivity index (χ3v) is 3.05. The summed E-state index contributed by atoms with van der Waals surface area (Å²) in [7, 11) is 0. The largest absolute Gasteiger partial charge is 0.0991 e. The maximum atomic E-state index is 3.66. The number of hydrogen-bond donors (Lipinski definition) is 0. The second kappa shape index (κ2) is 9.98. The van der Waals surface area contributed by atoms with Gasteiger partial charge in [-0.3, -0.25) is 0 Å². The Morgan fingerprint density at radius 3 is 2.24 bits per heavy atom. The van der Waals surface area contributed by atoms with Crippen molar-refractivity contribution in [2.45, 2.75) is 32.6 Å². The first-order chi connectivity index (χ1) is 8.26. The lowest BCUT2D eigenvalue weighted by Gasteiger charge is -2.02. The van der Waals surface area contributed by atoms with E-state index in [0.29, 0.717) is 0 Å². The molecule has 0 aliphatic carbocycles. The average Bonchev–Trinajstić information content (AvgIpc) is 2.39. The average molecular weight is 246 g/mol. The number of rotatable bonds is 4. The Morgan fingerprint density at radius 1 is 1.18 bits per heavy atom. The van der Waals surface area contributed by atoms with E-state index in [1.54, 1.807) is 17.8 Å². The molecule has 0 heterocycles. The Bertz CT molecular complexity index is 369. The van der Waals surface area contributed by atoms with Crippen LogP contribution in [0.2, 0.25) is 0 Å². The summed E-state index contributed by atoms with van der Waals surface area (Å²) in [4.78, 5) is 2.50. The minimum Gasteiger partial charge on any atom is -0.0991 e. The number of benzene rings is 1. The van der Waals surface area contributed by atoms with Gasteiger partial charge in [-0.15, -0.1) is 0 Å². The maximum Gasteiger partial charge on any atom is 0.0122 e. The molecule has 92 valence electrons. The molecule has 0 N–H and O–H groups in total. The standard InChI is InChI=1S/C14H16S.C2H6/c1-4-6-7-13(5-2)15-14-10-8-12(3)9-11-14;1-2/h4-11H,1H2,2-3H3;1-2H3/b7-6-,13-5+;. The van der Waals surface area contributed by atoms with Crippen LogP contribution in [-0.4, -0.2) is 0 Å². The summed E-state index contributed by atoms with van der Waals surface area (Å²) in [5, 5.41) is 0. The highest BCUT2D eigenvalue weighted by Crippen LogP contribution is 2.27. The molecule has 1 rings (SSSR count). The highest BCUT2D eigenvalue weighted by molar-refractivity contribution is 8.03. The zero-order valence-corrected chi connectivity index (χ0v) is 12.1. The van der Waals surface area contributed by atoms with Crippen LogP contribution >= 0.6 is 11.8 Å². The van der Waals surface area contributed by atoms with Crippen molar-refractivity contribution in [3.63, 3.8) is 0 Å². The van der Waals surface area contributed by atoms with Gasteiger partial charge in [0.1, 0.15) is 0 Å². The lowest BCUT2D eigenvalue weighted by Crippen LogP contribution is -1.75. The highest BCUT2D eigenvalue weighted by atomic mass is 32.2. The summed E-state index contributed by atoms with van der Waals surface area (Å²) >= 11 is 1.76. The summed E-state index contributed by atoms with van der Waals surface area (Å²) in [6, 6.07) is 8.55. The molecule has 0 aliphatic heterocycles. The molecule has 0 amide bonds. The quantitative estimate of drug-likeness (QED) is 0.481. The molecule has 0 nitrogen and oxygen atoms in total. The molecule has 0 spiro atoms. The molecule has 1 aromatic carbocycles. The first-order valence-electron chi connectivity index (χ1n) is 5.96. The van der Waals surface area contributed by atoms with Gasteiger partial charge in [0.05, 0.1) is 0 Å². The monoisotopic (exact) mass is 246 g/mol. The van der Waals surface area contributed by atoms with E-state index in [1.807, 2.05) is 26.8 Å². The van der Waals surface area contributed by atoms with Crippen LogP contribution in [0.5, 0.6) is 0 Å². The van der Waals surface area contributed by atoms with Gasteiger partial charge in [0.2, 0.25) is 0 Å². The second-order valence-electron chi connectivity index (χ2n) is 3.20. The summed E-state index contributed by atoms with van der Waals surface area (Å²) in [6.45, 7) is 11.8.